The number of rotatable bonds is 8. The van der Waals surface area contributed by atoms with Gasteiger partial charge >= 0.3 is 12.1 Å². The van der Waals surface area contributed by atoms with E-state index in [1.54, 1.807) is 4.90 Å². The van der Waals surface area contributed by atoms with Crippen LogP contribution in [0, 0.1) is 0 Å². The van der Waals surface area contributed by atoms with Crippen LogP contribution in [0.1, 0.15) is 54.9 Å². The molecule has 0 aromatic carbocycles. The summed E-state index contributed by atoms with van der Waals surface area (Å²) in [5.41, 5.74) is -1.37. The molecule has 0 aromatic rings. The van der Waals surface area contributed by atoms with Crippen molar-refractivity contribution in [3.05, 3.63) is 0 Å². The molecule has 0 bridgehead atoms. The SMILES string of the molecule is COC(=O)[C@@H](C[C@@H](CO[Si](C)(C)C(C)(C)C)N(C)C)OC(=O)N1C(C)(C)COC1(C)C. The molecule has 1 rings (SSSR count). The van der Waals surface area contributed by atoms with Gasteiger partial charge in [-0.15, -0.1) is 0 Å². The van der Waals surface area contributed by atoms with Crippen LogP contribution in [0.4, 0.5) is 4.79 Å². The molecule has 8 nitrogen and oxygen atoms in total. The quantitative estimate of drug-likeness (QED) is 0.402. The van der Waals surface area contributed by atoms with Crippen molar-refractivity contribution in [2.45, 2.75) is 96.4 Å². The molecular weight excluding hydrogens is 416 g/mol. The van der Waals surface area contributed by atoms with Gasteiger partial charge < -0.3 is 23.5 Å². The largest absolute Gasteiger partial charge is 0.466 e. The van der Waals surface area contributed by atoms with Crippen molar-refractivity contribution in [2.24, 2.45) is 0 Å². The lowest BCUT2D eigenvalue weighted by Gasteiger charge is -2.39. The number of carbonyl (C=O) groups is 2. The van der Waals surface area contributed by atoms with Crippen LogP contribution < -0.4 is 0 Å². The van der Waals surface area contributed by atoms with E-state index < -0.39 is 37.7 Å². The zero-order chi connectivity index (χ0) is 24.4. The van der Waals surface area contributed by atoms with E-state index in [9.17, 15) is 9.59 Å². The van der Waals surface area contributed by atoms with Crippen molar-refractivity contribution in [3.8, 4) is 0 Å². The number of esters is 1. The molecule has 9 heteroatoms. The smallest absolute Gasteiger partial charge is 0.413 e. The van der Waals surface area contributed by atoms with E-state index in [2.05, 4.69) is 33.9 Å². The van der Waals surface area contributed by atoms with E-state index in [0.717, 1.165) is 0 Å². The van der Waals surface area contributed by atoms with Crippen molar-refractivity contribution in [2.75, 3.05) is 34.4 Å². The second-order valence-electron chi connectivity index (χ2n) is 11.2. The number of hydrogen-bond acceptors (Lipinski definition) is 7. The first-order valence-electron chi connectivity index (χ1n) is 10.9. The van der Waals surface area contributed by atoms with Crippen LogP contribution in [-0.4, -0.2) is 88.0 Å². The van der Waals surface area contributed by atoms with Crippen LogP contribution >= 0.6 is 0 Å². The fourth-order valence-corrected chi connectivity index (χ4v) is 4.41. The first kappa shape index (κ1) is 27.9. The Kier molecular flexibility index (Phi) is 8.78. The lowest BCUT2D eigenvalue weighted by atomic mass is 10.0. The number of carbonyl (C=O) groups excluding carboxylic acids is 2. The molecule has 182 valence electrons. The molecule has 1 fully saturated rings. The molecule has 0 aliphatic carbocycles. The molecular formula is C22H44N2O6Si. The number of methoxy groups -OCH3 is 1. The third kappa shape index (κ3) is 6.91. The second kappa shape index (κ2) is 9.76. The van der Waals surface area contributed by atoms with Crippen LogP contribution in [0.25, 0.3) is 0 Å². The summed E-state index contributed by atoms with van der Waals surface area (Å²) in [6, 6.07) is -0.123. The van der Waals surface area contributed by atoms with Gasteiger partial charge in [-0.2, -0.15) is 0 Å². The number of hydrogen-bond donors (Lipinski definition) is 0. The highest BCUT2D eigenvalue weighted by atomic mass is 28.4. The van der Waals surface area contributed by atoms with Crippen LogP contribution in [0.15, 0.2) is 0 Å². The van der Waals surface area contributed by atoms with Crippen LogP contribution in [0.3, 0.4) is 0 Å². The molecule has 0 N–H and O–H groups in total. The Bertz CT molecular complexity index is 626. The molecule has 1 aliphatic heterocycles. The zero-order valence-electron chi connectivity index (χ0n) is 21.6. The molecule has 0 saturated carbocycles. The number of ether oxygens (including phenoxy) is 3. The second-order valence-corrected chi connectivity index (χ2v) is 16.0. The van der Waals surface area contributed by atoms with Gasteiger partial charge in [0.2, 0.25) is 6.10 Å². The number of likely N-dealkylation sites (N-methyl/N-ethyl adjacent to an activating group) is 1. The van der Waals surface area contributed by atoms with Crippen molar-refractivity contribution in [1.29, 1.82) is 0 Å². The van der Waals surface area contributed by atoms with Crippen LogP contribution in [-0.2, 0) is 23.4 Å². The van der Waals surface area contributed by atoms with Gasteiger partial charge in [0.1, 0.15) is 5.72 Å². The maximum atomic E-state index is 13.1. The predicted octanol–water partition coefficient (Wildman–Crippen LogP) is 3.85. The molecule has 0 unspecified atom stereocenters. The summed E-state index contributed by atoms with van der Waals surface area (Å²) >= 11 is 0. The Morgan fingerprint density at radius 3 is 2.10 bits per heavy atom. The van der Waals surface area contributed by atoms with E-state index in [1.165, 1.54) is 7.11 Å². The Labute approximate surface area is 189 Å². The van der Waals surface area contributed by atoms with Gasteiger partial charge in [0, 0.05) is 19.1 Å². The maximum Gasteiger partial charge on any atom is 0.413 e. The molecule has 1 amide bonds. The molecule has 1 saturated heterocycles. The normalized spacial score (nSPS) is 20.5. The summed E-state index contributed by atoms with van der Waals surface area (Å²) < 4.78 is 22.8. The number of nitrogens with zero attached hydrogens (tertiary/aromatic N) is 2. The van der Waals surface area contributed by atoms with E-state index in [1.807, 2.05) is 46.7 Å². The van der Waals surface area contributed by atoms with Gasteiger partial charge in [-0.25, -0.2) is 9.59 Å². The highest BCUT2D eigenvalue weighted by Crippen LogP contribution is 2.37. The van der Waals surface area contributed by atoms with Crippen molar-refractivity contribution < 1.29 is 28.2 Å². The van der Waals surface area contributed by atoms with Gasteiger partial charge in [0.05, 0.1) is 19.3 Å². The molecule has 2 atom stereocenters. The Morgan fingerprint density at radius 2 is 1.71 bits per heavy atom. The minimum Gasteiger partial charge on any atom is -0.466 e. The van der Waals surface area contributed by atoms with E-state index in [4.69, 9.17) is 18.6 Å². The molecule has 31 heavy (non-hydrogen) atoms. The average molecular weight is 461 g/mol. The minimum atomic E-state index is -1.97. The first-order valence-corrected chi connectivity index (χ1v) is 13.8. The zero-order valence-corrected chi connectivity index (χ0v) is 22.6. The Morgan fingerprint density at radius 1 is 1.16 bits per heavy atom. The fraction of sp³-hybridized carbons (Fsp3) is 0.909. The third-order valence-corrected chi connectivity index (χ3v) is 11.0. The summed E-state index contributed by atoms with van der Waals surface area (Å²) in [5, 5.41) is 0.0744. The average Bonchev–Trinajstić information content (AvgIpc) is 2.82. The van der Waals surface area contributed by atoms with Crippen LogP contribution in [0.5, 0.6) is 0 Å². The standard InChI is InChI=1S/C22H44N2O6Si/c1-20(2,3)31(11,12)29-14-16(23(8)9)13-17(18(25)27-10)30-19(26)24-21(4,5)15-28-22(24,6)7/h16-17H,13-15H2,1-12H3/t16-,17+/m0/s1. The summed E-state index contributed by atoms with van der Waals surface area (Å²) in [6.07, 6.45) is -1.36. The lowest BCUT2D eigenvalue weighted by Crippen LogP contribution is -2.54. The van der Waals surface area contributed by atoms with Crippen molar-refractivity contribution >= 4 is 20.4 Å². The highest BCUT2D eigenvalue weighted by molar-refractivity contribution is 6.74. The molecule has 0 radical (unpaired) electrons. The summed E-state index contributed by atoms with van der Waals surface area (Å²) in [6.45, 7) is 19.2. The monoisotopic (exact) mass is 460 g/mol. The Hall–Kier alpha value is -1.16. The minimum absolute atomic E-state index is 0.0744. The summed E-state index contributed by atoms with van der Waals surface area (Å²) in [7, 11) is 3.19. The summed E-state index contributed by atoms with van der Waals surface area (Å²) in [4.78, 5) is 29.1. The molecule has 0 spiro atoms. The molecule has 1 heterocycles. The molecule has 1 aliphatic rings. The highest BCUT2D eigenvalue weighted by Gasteiger charge is 2.50. The summed E-state index contributed by atoms with van der Waals surface area (Å²) in [5.74, 6) is -0.580. The van der Waals surface area contributed by atoms with Gasteiger partial charge in [-0.1, -0.05) is 20.8 Å². The van der Waals surface area contributed by atoms with Gasteiger partial charge in [0.15, 0.2) is 8.32 Å². The maximum absolute atomic E-state index is 13.1. The lowest BCUT2D eigenvalue weighted by molar-refractivity contribution is -0.153. The third-order valence-electron chi connectivity index (χ3n) is 6.47. The predicted molar refractivity (Wildman–Crippen MR) is 123 cm³/mol. The molecule has 0 aromatic heterocycles. The Balaban J connectivity index is 3.00. The topological polar surface area (TPSA) is 77.5 Å². The van der Waals surface area contributed by atoms with Gasteiger partial charge in [-0.05, 0) is 59.9 Å². The van der Waals surface area contributed by atoms with Crippen molar-refractivity contribution in [1.82, 2.24) is 9.80 Å². The van der Waals surface area contributed by atoms with Crippen LogP contribution in [0.2, 0.25) is 18.1 Å². The van der Waals surface area contributed by atoms with Gasteiger partial charge in [0.25, 0.3) is 0 Å². The van der Waals surface area contributed by atoms with E-state index in [-0.39, 0.29) is 17.5 Å². The van der Waals surface area contributed by atoms with Crippen molar-refractivity contribution in [3.63, 3.8) is 0 Å². The first-order chi connectivity index (χ1) is 13.9. The van der Waals surface area contributed by atoms with E-state index in [0.29, 0.717) is 13.2 Å². The van der Waals surface area contributed by atoms with Gasteiger partial charge in [-0.3, -0.25) is 4.90 Å². The number of amides is 1. The van der Waals surface area contributed by atoms with E-state index >= 15 is 0 Å². The fourth-order valence-electron chi connectivity index (χ4n) is 3.37.